The lowest BCUT2D eigenvalue weighted by molar-refractivity contribution is -0.134. The molecule has 0 unspecified atom stereocenters. The number of carbonyl (C=O) groups excluding carboxylic acids is 1. The number of ether oxygens (including phenoxy) is 1. The van der Waals surface area contributed by atoms with Crippen LogP contribution in [0.4, 0.5) is 5.95 Å². The van der Waals surface area contributed by atoms with Crippen molar-refractivity contribution >= 4 is 35.1 Å². The van der Waals surface area contributed by atoms with Crippen molar-refractivity contribution in [1.29, 1.82) is 0 Å². The predicted octanol–water partition coefficient (Wildman–Crippen LogP) is 2.48. The molecule has 1 amide bonds. The highest BCUT2D eigenvalue weighted by Gasteiger charge is 2.26. The highest BCUT2D eigenvalue weighted by Crippen LogP contribution is 2.28. The average Bonchev–Trinajstić information content (AvgIpc) is 3.00. The molecule has 0 spiro atoms. The van der Waals surface area contributed by atoms with Gasteiger partial charge in [-0.05, 0) is 31.0 Å². The smallest absolute Gasteiger partial charge is 0.260 e. The van der Waals surface area contributed by atoms with Crippen LogP contribution in [0.25, 0.3) is 0 Å². The second-order valence-corrected chi connectivity index (χ2v) is 6.44. The van der Waals surface area contributed by atoms with Crippen molar-refractivity contribution in [2.24, 2.45) is 0 Å². The van der Waals surface area contributed by atoms with E-state index in [0.717, 1.165) is 18.7 Å². The van der Waals surface area contributed by atoms with E-state index in [2.05, 4.69) is 15.2 Å². The fourth-order valence-electron chi connectivity index (χ4n) is 2.70. The molecule has 2 heterocycles. The van der Waals surface area contributed by atoms with Gasteiger partial charge in [0.05, 0.1) is 5.02 Å². The number of nitrogens with two attached hydrogens (primary N) is 1. The normalized spacial score (nSPS) is 15.5. The standard InChI is InChI=1S/C15H17Cl2N5O2/c16-10-1-2-12(11(17)7-10)24-8-13(23)22-5-3-9(4-6-22)14-19-15(18)21-20-14/h1-2,7,9H,3-6,8H2,(H3,18,19,20,21). The summed E-state index contributed by atoms with van der Waals surface area (Å²) in [5.41, 5.74) is 5.52. The number of nitrogens with zero attached hydrogens (tertiary/aromatic N) is 3. The van der Waals surface area contributed by atoms with Crippen molar-refractivity contribution in [3.63, 3.8) is 0 Å². The van der Waals surface area contributed by atoms with Gasteiger partial charge in [-0.1, -0.05) is 23.2 Å². The van der Waals surface area contributed by atoms with E-state index in [1.807, 2.05) is 0 Å². The fraction of sp³-hybridized carbons (Fsp3) is 0.400. The van der Waals surface area contributed by atoms with E-state index in [9.17, 15) is 4.79 Å². The molecule has 2 aromatic rings. The van der Waals surface area contributed by atoms with E-state index in [-0.39, 0.29) is 24.4 Å². The van der Waals surface area contributed by atoms with Crippen LogP contribution in [0, 0.1) is 0 Å². The third-order valence-electron chi connectivity index (χ3n) is 4.00. The lowest BCUT2D eigenvalue weighted by Gasteiger charge is -2.30. The Hall–Kier alpha value is -1.99. The zero-order valence-electron chi connectivity index (χ0n) is 12.8. The van der Waals surface area contributed by atoms with Crippen molar-refractivity contribution < 1.29 is 9.53 Å². The molecule has 0 radical (unpaired) electrons. The molecular formula is C15H17Cl2N5O2. The summed E-state index contributed by atoms with van der Waals surface area (Å²) in [6.07, 6.45) is 1.62. The number of aromatic amines is 1. The molecule has 3 N–H and O–H groups in total. The molecule has 1 fully saturated rings. The molecule has 1 aliphatic rings. The van der Waals surface area contributed by atoms with Gasteiger partial charge in [0.15, 0.2) is 6.61 Å². The minimum Gasteiger partial charge on any atom is -0.482 e. The van der Waals surface area contributed by atoms with Crippen LogP contribution in [0.1, 0.15) is 24.6 Å². The predicted molar refractivity (Wildman–Crippen MR) is 91.3 cm³/mol. The number of H-pyrrole nitrogens is 1. The number of piperidine rings is 1. The summed E-state index contributed by atoms with van der Waals surface area (Å²) in [4.78, 5) is 18.2. The summed E-state index contributed by atoms with van der Waals surface area (Å²) in [7, 11) is 0. The van der Waals surface area contributed by atoms with Crippen molar-refractivity contribution in [2.45, 2.75) is 18.8 Å². The molecular weight excluding hydrogens is 353 g/mol. The molecule has 0 atom stereocenters. The molecule has 0 saturated carbocycles. The van der Waals surface area contributed by atoms with Gasteiger partial charge in [0.1, 0.15) is 11.6 Å². The number of aromatic nitrogens is 3. The first-order chi connectivity index (χ1) is 11.5. The van der Waals surface area contributed by atoms with Crippen molar-refractivity contribution in [3.05, 3.63) is 34.1 Å². The Balaban J connectivity index is 1.50. The molecule has 0 aliphatic carbocycles. The van der Waals surface area contributed by atoms with Gasteiger partial charge in [0.25, 0.3) is 5.91 Å². The number of amides is 1. The maximum Gasteiger partial charge on any atom is 0.260 e. The van der Waals surface area contributed by atoms with E-state index in [1.54, 1.807) is 23.1 Å². The Labute approximate surface area is 149 Å². The maximum absolute atomic E-state index is 12.3. The summed E-state index contributed by atoms with van der Waals surface area (Å²) in [5, 5.41) is 7.59. The number of carbonyl (C=O) groups is 1. The van der Waals surface area contributed by atoms with Gasteiger partial charge in [-0.3, -0.25) is 9.89 Å². The Bertz CT molecular complexity index is 728. The summed E-state index contributed by atoms with van der Waals surface area (Å²) < 4.78 is 5.49. The lowest BCUT2D eigenvalue weighted by atomic mass is 9.96. The molecule has 0 bridgehead atoms. The van der Waals surface area contributed by atoms with Gasteiger partial charge in [-0.15, -0.1) is 5.10 Å². The van der Waals surface area contributed by atoms with Crippen LogP contribution in [0.3, 0.4) is 0 Å². The van der Waals surface area contributed by atoms with Crippen LogP contribution >= 0.6 is 23.2 Å². The number of hydrogen-bond donors (Lipinski definition) is 2. The van der Waals surface area contributed by atoms with Crippen LogP contribution in [-0.4, -0.2) is 45.7 Å². The van der Waals surface area contributed by atoms with Gasteiger partial charge in [0, 0.05) is 24.0 Å². The number of anilines is 1. The first-order valence-corrected chi connectivity index (χ1v) is 8.32. The lowest BCUT2D eigenvalue weighted by Crippen LogP contribution is -2.40. The van der Waals surface area contributed by atoms with E-state index < -0.39 is 0 Å². The molecule has 1 aliphatic heterocycles. The second-order valence-electron chi connectivity index (χ2n) is 5.60. The van der Waals surface area contributed by atoms with Gasteiger partial charge in [0.2, 0.25) is 5.95 Å². The first kappa shape index (κ1) is 16.9. The third kappa shape index (κ3) is 3.91. The quantitative estimate of drug-likeness (QED) is 0.862. The monoisotopic (exact) mass is 369 g/mol. The van der Waals surface area contributed by atoms with Crippen LogP contribution in [0.15, 0.2) is 18.2 Å². The minimum atomic E-state index is -0.0726. The van der Waals surface area contributed by atoms with Crippen LogP contribution in [0.2, 0.25) is 10.0 Å². The van der Waals surface area contributed by atoms with E-state index in [0.29, 0.717) is 28.9 Å². The Kier molecular flexibility index (Phi) is 5.11. The van der Waals surface area contributed by atoms with E-state index in [1.165, 1.54) is 0 Å². The fourth-order valence-corrected chi connectivity index (χ4v) is 3.16. The van der Waals surface area contributed by atoms with Gasteiger partial charge < -0.3 is 15.4 Å². The number of nitrogen functional groups attached to an aromatic ring is 1. The van der Waals surface area contributed by atoms with Gasteiger partial charge >= 0.3 is 0 Å². The summed E-state index contributed by atoms with van der Waals surface area (Å²) in [6.45, 7) is 1.23. The van der Waals surface area contributed by atoms with Crippen LogP contribution in [0.5, 0.6) is 5.75 Å². The number of halogens is 2. The van der Waals surface area contributed by atoms with E-state index >= 15 is 0 Å². The number of benzene rings is 1. The Morgan fingerprint density at radius 1 is 1.38 bits per heavy atom. The van der Waals surface area contributed by atoms with Crippen LogP contribution in [-0.2, 0) is 4.79 Å². The second kappa shape index (κ2) is 7.27. The average molecular weight is 370 g/mol. The molecule has 24 heavy (non-hydrogen) atoms. The number of likely N-dealkylation sites (tertiary alicyclic amines) is 1. The molecule has 7 nitrogen and oxygen atoms in total. The molecule has 1 aromatic heterocycles. The minimum absolute atomic E-state index is 0.0543. The zero-order chi connectivity index (χ0) is 17.1. The summed E-state index contributed by atoms with van der Waals surface area (Å²) in [5.74, 6) is 1.64. The Morgan fingerprint density at radius 3 is 2.75 bits per heavy atom. The number of nitrogens with one attached hydrogen (secondary N) is 1. The summed E-state index contributed by atoms with van der Waals surface area (Å²) in [6, 6.07) is 4.90. The van der Waals surface area contributed by atoms with Crippen molar-refractivity contribution in [1.82, 2.24) is 20.1 Å². The van der Waals surface area contributed by atoms with Gasteiger partial charge in [-0.2, -0.15) is 4.98 Å². The zero-order valence-corrected chi connectivity index (χ0v) is 14.3. The summed E-state index contributed by atoms with van der Waals surface area (Å²) >= 11 is 11.9. The number of hydrogen-bond acceptors (Lipinski definition) is 5. The molecule has 1 saturated heterocycles. The van der Waals surface area contributed by atoms with Gasteiger partial charge in [-0.25, -0.2) is 0 Å². The largest absolute Gasteiger partial charge is 0.482 e. The van der Waals surface area contributed by atoms with E-state index in [4.69, 9.17) is 33.7 Å². The topological polar surface area (TPSA) is 97.1 Å². The molecule has 1 aromatic carbocycles. The SMILES string of the molecule is Nc1n[nH]c(C2CCN(C(=O)COc3ccc(Cl)cc3Cl)CC2)n1. The molecule has 9 heteroatoms. The van der Waals surface area contributed by atoms with Crippen molar-refractivity contribution in [2.75, 3.05) is 25.4 Å². The van der Waals surface area contributed by atoms with Crippen LogP contribution < -0.4 is 10.5 Å². The Morgan fingerprint density at radius 2 is 2.12 bits per heavy atom. The maximum atomic E-state index is 12.3. The highest BCUT2D eigenvalue weighted by molar-refractivity contribution is 6.35. The first-order valence-electron chi connectivity index (χ1n) is 7.56. The molecule has 3 rings (SSSR count). The molecule has 128 valence electrons. The van der Waals surface area contributed by atoms with Crippen molar-refractivity contribution in [3.8, 4) is 5.75 Å². The highest BCUT2D eigenvalue weighted by atomic mass is 35.5. The number of rotatable bonds is 4. The third-order valence-corrected chi connectivity index (χ3v) is 4.53.